The molecule has 0 unspecified atom stereocenters. The van der Waals surface area contributed by atoms with Crippen LogP contribution in [0.5, 0.6) is 5.75 Å². The third-order valence-corrected chi connectivity index (χ3v) is 3.92. The van der Waals surface area contributed by atoms with Crippen LogP contribution in [0.3, 0.4) is 0 Å². The van der Waals surface area contributed by atoms with Crippen LogP contribution in [0.1, 0.15) is 24.4 Å². The Morgan fingerprint density at radius 3 is 2.92 bits per heavy atom. The first kappa shape index (κ1) is 16.0. The van der Waals surface area contributed by atoms with E-state index in [9.17, 15) is 4.79 Å². The van der Waals surface area contributed by atoms with E-state index in [1.165, 1.54) is 6.33 Å². The Morgan fingerprint density at radius 2 is 2.25 bits per heavy atom. The maximum Gasteiger partial charge on any atom is 0.287 e. The van der Waals surface area contributed by atoms with Gasteiger partial charge in [0.25, 0.3) is 5.91 Å². The molecule has 0 fully saturated rings. The Bertz CT molecular complexity index is 824. The van der Waals surface area contributed by atoms with Crippen molar-refractivity contribution in [1.29, 1.82) is 0 Å². The molecule has 126 valence electrons. The molecule has 7 heteroatoms. The van der Waals surface area contributed by atoms with Gasteiger partial charge in [-0.3, -0.25) is 9.48 Å². The number of carbonyl (C=O) groups excluding carboxylic acids is 1. The van der Waals surface area contributed by atoms with Crippen molar-refractivity contribution in [3.63, 3.8) is 0 Å². The monoisotopic (exact) mass is 328 g/mol. The standard InChI is InChI=1S/C17H20N4O3/c1-11(2)13(8-21-10-18-9-19-21)20-17(22)15-7-12-5-4-6-14(23-3)16(12)24-15/h4-7,9-11,13H,8H2,1-3H3,(H,20,22)/t13-/m1/s1. The molecule has 0 aliphatic heterocycles. The van der Waals surface area contributed by atoms with Crippen LogP contribution in [-0.4, -0.2) is 33.8 Å². The van der Waals surface area contributed by atoms with E-state index in [0.29, 0.717) is 17.9 Å². The first-order valence-electron chi connectivity index (χ1n) is 7.78. The van der Waals surface area contributed by atoms with Crippen molar-refractivity contribution in [2.24, 2.45) is 5.92 Å². The predicted molar refractivity (Wildman–Crippen MR) is 88.9 cm³/mol. The van der Waals surface area contributed by atoms with Crippen LogP contribution in [-0.2, 0) is 6.54 Å². The fourth-order valence-corrected chi connectivity index (χ4v) is 2.50. The highest BCUT2D eigenvalue weighted by Crippen LogP contribution is 2.28. The number of aromatic nitrogens is 3. The minimum Gasteiger partial charge on any atom is -0.493 e. The first-order valence-corrected chi connectivity index (χ1v) is 7.78. The van der Waals surface area contributed by atoms with Gasteiger partial charge < -0.3 is 14.5 Å². The number of ether oxygens (including phenoxy) is 1. The predicted octanol–water partition coefficient (Wildman–Crippen LogP) is 2.49. The molecule has 3 rings (SSSR count). The molecule has 0 aliphatic rings. The molecule has 2 heterocycles. The van der Waals surface area contributed by atoms with E-state index in [-0.39, 0.29) is 23.6 Å². The molecule has 0 saturated heterocycles. The van der Waals surface area contributed by atoms with Crippen molar-refractivity contribution in [1.82, 2.24) is 20.1 Å². The zero-order valence-electron chi connectivity index (χ0n) is 13.9. The summed E-state index contributed by atoms with van der Waals surface area (Å²) in [4.78, 5) is 16.5. The summed E-state index contributed by atoms with van der Waals surface area (Å²) in [5.74, 6) is 0.845. The van der Waals surface area contributed by atoms with Crippen LogP contribution < -0.4 is 10.1 Å². The van der Waals surface area contributed by atoms with E-state index >= 15 is 0 Å². The van der Waals surface area contributed by atoms with Gasteiger partial charge in [0.05, 0.1) is 19.7 Å². The summed E-state index contributed by atoms with van der Waals surface area (Å²) in [5.41, 5.74) is 0.572. The number of nitrogens with zero attached hydrogens (tertiary/aromatic N) is 3. The number of carbonyl (C=O) groups is 1. The summed E-state index contributed by atoms with van der Waals surface area (Å²) in [6.45, 7) is 4.64. The summed E-state index contributed by atoms with van der Waals surface area (Å²) < 4.78 is 12.7. The molecule has 1 atom stereocenters. The number of furan rings is 1. The summed E-state index contributed by atoms with van der Waals surface area (Å²) >= 11 is 0. The molecule has 2 aromatic heterocycles. The first-order chi connectivity index (χ1) is 11.6. The zero-order valence-corrected chi connectivity index (χ0v) is 13.9. The topological polar surface area (TPSA) is 82.2 Å². The van der Waals surface area contributed by atoms with E-state index < -0.39 is 0 Å². The maximum absolute atomic E-state index is 12.6. The number of amides is 1. The lowest BCUT2D eigenvalue weighted by atomic mass is 10.0. The second-order valence-corrected chi connectivity index (χ2v) is 5.93. The van der Waals surface area contributed by atoms with E-state index in [1.54, 1.807) is 30.3 Å². The van der Waals surface area contributed by atoms with Crippen molar-refractivity contribution < 1.29 is 13.9 Å². The van der Waals surface area contributed by atoms with E-state index in [1.807, 2.05) is 26.0 Å². The molecule has 3 aromatic rings. The van der Waals surface area contributed by atoms with Crippen LogP contribution >= 0.6 is 0 Å². The molecule has 0 saturated carbocycles. The van der Waals surface area contributed by atoms with Crippen molar-refractivity contribution in [2.45, 2.75) is 26.4 Å². The van der Waals surface area contributed by atoms with Crippen LogP contribution in [0.25, 0.3) is 11.0 Å². The third-order valence-electron chi connectivity index (χ3n) is 3.92. The summed E-state index contributed by atoms with van der Waals surface area (Å²) in [7, 11) is 1.57. The lowest BCUT2D eigenvalue weighted by Gasteiger charge is -2.21. The highest BCUT2D eigenvalue weighted by atomic mass is 16.5. The van der Waals surface area contributed by atoms with Gasteiger partial charge in [-0.25, -0.2) is 4.98 Å². The highest BCUT2D eigenvalue weighted by molar-refractivity contribution is 5.97. The summed E-state index contributed by atoms with van der Waals surface area (Å²) in [6, 6.07) is 7.18. The number of benzene rings is 1. The van der Waals surface area contributed by atoms with Gasteiger partial charge >= 0.3 is 0 Å². The Morgan fingerprint density at radius 1 is 1.42 bits per heavy atom. The van der Waals surface area contributed by atoms with Gasteiger partial charge in [0.15, 0.2) is 17.1 Å². The van der Waals surface area contributed by atoms with Gasteiger partial charge in [-0.1, -0.05) is 26.0 Å². The molecule has 0 aliphatic carbocycles. The van der Waals surface area contributed by atoms with Gasteiger partial charge in [-0.2, -0.15) is 5.10 Å². The number of fused-ring (bicyclic) bond motifs is 1. The molecule has 7 nitrogen and oxygen atoms in total. The zero-order chi connectivity index (χ0) is 17.1. The molecular weight excluding hydrogens is 308 g/mol. The maximum atomic E-state index is 12.6. The number of methoxy groups -OCH3 is 1. The average Bonchev–Trinajstić information content (AvgIpc) is 3.22. The smallest absolute Gasteiger partial charge is 0.287 e. The molecule has 1 N–H and O–H groups in total. The van der Waals surface area contributed by atoms with Gasteiger partial charge in [-0.15, -0.1) is 0 Å². The second-order valence-electron chi connectivity index (χ2n) is 5.93. The van der Waals surface area contributed by atoms with Crippen molar-refractivity contribution in [3.8, 4) is 5.75 Å². The normalized spacial score (nSPS) is 12.5. The van der Waals surface area contributed by atoms with Gasteiger partial charge in [0.2, 0.25) is 0 Å². The minimum atomic E-state index is -0.257. The number of para-hydroxylation sites is 1. The number of hydrogen-bond acceptors (Lipinski definition) is 5. The third kappa shape index (κ3) is 3.24. The molecule has 0 bridgehead atoms. The summed E-state index contributed by atoms with van der Waals surface area (Å²) in [5, 5.41) is 7.93. The van der Waals surface area contributed by atoms with E-state index in [2.05, 4.69) is 15.4 Å². The Labute approximate surface area is 139 Å². The number of nitrogens with one attached hydrogen (secondary N) is 1. The fourth-order valence-electron chi connectivity index (χ4n) is 2.50. The lowest BCUT2D eigenvalue weighted by Crippen LogP contribution is -2.41. The van der Waals surface area contributed by atoms with Crippen LogP contribution in [0.4, 0.5) is 0 Å². The Kier molecular flexibility index (Phi) is 4.50. The fraction of sp³-hybridized carbons (Fsp3) is 0.353. The molecule has 0 radical (unpaired) electrons. The largest absolute Gasteiger partial charge is 0.493 e. The van der Waals surface area contributed by atoms with Gasteiger partial charge in [0.1, 0.15) is 12.7 Å². The minimum absolute atomic E-state index is 0.0886. The van der Waals surface area contributed by atoms with Crippen LogP contribution in [0, 0.1) is 5.92 Å². The average molecular weight is 328 g/mol. The Hall–Kier alpha value is -2.83. The second kappa shape index (κ2) is 6.74. The van der Waals surface area contributed by atoms with E-state index in [0.717, 1.165) is 5.39 Å². The Balaban J connectivity index is 1.80. The highest BCUT2D eigenvalue weighted by Gasteiger charge is 2.21. The van der Waals surface area contributed by atoms with Crippen molar-refractivity contribution in [3.05, 3.63) is 42.7 Å². The quantitative estimate of drug-likeness (QED) is 0.752. The molecule has 1 amide bonds. The molecule has 24 heavy (non-hydrogen) atoms. The van der Waals surface area contributed by atoms with Crippen molar-refractivity contribution in [2.75, 3.05) is 7.11 Å². The van der Waals surface area contributed by atoms with Gasteiger partial charge in [-0.05, 0) is 18.1 Å². The molecular formula is C17H20N4O3. The van der Waals surface area contributed by atoms with Crippen LogP contribution in [0.2, 0.25) is 0 Å². The number of rotatable bonds is 6. The SMILES string of the molecule is COc1cccc2cc(C(=O)N[C@H](Cn3cncn3)C(C)C)oc12. The molecule has 1 aromatic carbocycles. The van der Waals surface area contributed by atoms with Gasteiger partial charge in [0, 0.05) is 5.39 Å². The van der Waals surface area contributed by atoms with E-state index in [4.69, 9.17) is 9.15 Å². The lowest BCUT2D eigenvalue weighted by molar-refractivity contribution is 0.0893. The number of hydrogen-bond donors (Lipinski definition) is 1. The molecule has 0 spiro atoms. The summed E-state index contributed by atoms with van der Waals surface area (Å²) in [6.07, 6.45) is 3.11. The van der Waals surface area contributed by atoms with Crippen molar-refractivity contribution >= 4 is 16.9 Å². The van der Waals surface area contributed by atoms with Crippen LogP contribution in [0.15, 0.2) is 41.3 Å².